The highest BCUT2D eigenvalue weighted by molar-refractivity contribution is 7.08. The average Bonchev–Trinajstić information content (AvgIpc) is 2.77. The summed E-state index contributed by atoms with van der Waals surface area (Å²) in [6, 6.07) is 32.9. The summed E-state index contributed by atoms with van der Waals surface area (Å²) >= 11 is 0. The highest BCUT2D eigenvalue weighted by atomic mass is 28.3. The average molecular weight is 379 g/mol. The normalized spacial score (nSPS) is 11.7. The molecular formula is C27H26Si. The Morgan fingerprint density at radius 2 is 1.21 bits per heavy atom. The van der Waals surface area contributed by atoms with Crippen molar-refractivity contribution in [3.8, 4) is 11.5 Å². The third kappa shape index (κ3) is 4.42. The van der Waals surface area contributed by atoms with E-state index in [9.17, 15) is 0 Å². The molecule has 0 amide bonds. The van der Waals surface area contributed by atoms with Crippen LogP contribution < -0.4 is 10.4 Å². The van der Waals surface area contributed by atoms with E-state index < -0.39 is 8.07 Å². The van der Waals surface area contributed by atoms with Crippen molar-refractivity contribution in [2.24, 2.45) is 0 Å². The van der Waals surface area contributed by atoms with E-state index in [0.717, 1.165) is 12.5 Å². The summed E-state index contributed by atoms with van der Waals surface area (Å²) in [4.78, 5) is 0. The minimum absolute atomic E-state index is 0.155. The van der Waals surface area contributed by atoms with Crippen molar-refractivity contribution in [3.05, 3.63) is 122 Å². The number of hydrogen-bond donors (Lipinski definition) is 0. The van der Waals surface area contributed by atoms with Gasteiger partial charge in [-0.2, -0.15) is 0 Å². The van der Waals surface area contributed by atoms with Crippen LogP contribution in [-0.4, -0.2) is 8.07 Å². The molecule has 0 saturated carbocycles. The van der Waals surface area contributed by atoms with Crippen LogP contribution in [0.15, 0.2) is 116 Å². The monoisotopic (exact) mass is 378 g/mol. The molecule has 0 aliphatic heterocycles. The first kappa shape index (κ1) is 19.7. The van der Waals surface area contributed by atoms with E-state index in [0.29, 0.717) is 0 Å². The Kier molecular flexibility index (Phi) is 6.84. The Hall–Kier alpha value is -3.08. The summed E-state index contributed by atoms with van der Waals surface area (Å²) in [6.45, 7) is 8.02. The maximum absolute atomic E-state index is 4.07. The van der Waals surface area contributed by atoms with Gasteiger partial charge in [-0.15, -0.1) is 24.6 Å². The van der Waals surface area contributed by atoms with Crippen molar-refractivity contribution in [3.63, 3.8) is 0 Å². The summed E-state index contributed by atoms with van der Waals surface area (Å²) in [5, 5.41) is 2.66. The lowest BCUT2D eigenvalue weighted by molar-refractivity contribution is 0.895. The quantitative estimate of drug-likeness (QED) is 0.296. The van der Waals surface area contributed by atoms with Crippen molar-refractivity contribution in [2.75, 3.05) is 0 Å². The van der Waals surface area contributed by atoms with Crippen LogP contribution in [0.3, 0.4) is 0 Å². The minimum atomic E-state index is -2.29. The molecule has 0 spiro atoms. The number of hydrogen-bond acceptors (Lipinski definition) is 0. The Morgan fingerprint density at radius 1 is 0.714 bits per heavy atom. The van der Waals surface area contributed by atoms with Gasteiger partial charge in [-0.25, -0.2) is 0 Å². The fourth-order valence-electron chi connectivity index (χ4n) is 3.60. The second kappa shape index (κ2) is 9.74. The Balaban J connectivity index is 2.16. The van der Waals surface area contributed by atoms with E-state index >= 15 is 0 Å². The molecule has 0 radical (unpaired) electrons. The molecular weight excluding hydrogens is 352 g/mol. The van der Waals surface area contributed by atoms with Crippen LogP contribution in [0.2, 0.25) is 6.04 Å². The Morgan fingerprint density at radius 3 is 1.68 bits per heavy atom. The van der Waals surface area contributed by atoms with Crippen molar-refractivity contribution < 1.29 is 0 Å². The molecule has 0 nitrogen and oxygen atoms in total. The lowest BCUT2D eigenvalue weighted by atomic mass is 9.97. The largest absolute Gasteiger partial charge is 0.202 e. The first-order chi connectivity index (χ1) is 13.8. The standard InChI is InChI=1S/C27H26Si/c1-3-14-24(25-15-8-5-9-16-25)21-23-28(22-4-2,26-17-10-6-11-18-26)27-19-12-7-13-20-27/h3-13,15-20,24H,1-2,14,22H2. The van der Waals surface area contributed by atoms with Gasteiger partial charge < -0.3 is 0 Å². The zero-order chi connectivity index (χ0) is 19.7. The number of allylic oxidation sites excluding steroid dienone is 2. The third-order valence-electron chi connectivity index (χ3n) is 5.05. The van der Waals surface area contributed by atoms with Gasteiger partial charge in [0, 0.05) is 5.92 Å². The van der Waals surface area contributed by atoms with Gasteiger partial charge in [-0.3, -0.25) is 0 Å². The van der Waals surface area contributed by atoms with E-state index in [1.165, 1.54) is 15.9 Å². The van der Waals surface area contributed by atoms with Crippen LogP contribution in [-0.2, 0) is 0 Å². The first-order valence-corrected chi connectivity index (χ1v) is 11.9. The van der Waals surface area contributed by atoms with Crippen LogP contribution in [0.25, 0.3) is 0 Å². The predicted octanol–water partition coefficient (Wildman–Crippen LogP) is 5.34. The summed E-state index contributed by atoms with van der Waals surface area (Å²) in [6.07, 6.45) is 4.85. The molecule has 0 aliphatic rings. The predicted molar refractivity (Wildman–Crippen MR) is 125 cm³/mol. The first-order valence-electron chi connectivity index (χ1n) is 9.70. The van der Waals surface area contributed by atoms with Crippen LogP contribution in [0.4, 0.5) is 0 Å². The van der Waals surface area contributed by atoms with Crippen molar-refractivity contribution >= 4 is 18.4 Å². The molecule has 0 saturated heterocycles. The van der Waals surface area contributed by atoms with Gasteiger partial charge in [0.05, 0.1) is 0 Å². The fourth-order valence-corrected chi connectivity index (χ4v) is 7.17. The zero-order valence-electron chi connectivity index (χ0n) is 16.2. The molecule has 3 aromatic carbocycles. The van der Waals surface area contributed by atoms with Gasteiger partial charge >= 0.3 is 0 Å². The Labute approximate surface area is 170 Å². The van der Waals surface area contributed by atoms with Crippen molar-refractivity contribution in [2.45, 2.75) is 18.4 Å². The molecule has 0 aromatic heterocycles. The van der Waals surface area contributed by atoms with Gasteiger partial charge in [-0.05, 0) is 28.4 Å². The molecule has 1 heteroatoms. The molecule has 0 aliphatic carbocycles. The fraction of sp³-hybridized carbons (Fsp3) is 0.111. The molecule has 3 rings (SSSR count). The van der Waals surface area contributed by atoms with E-state index in [1.807, 2.05) is 18.2 Å². The number of benzene rings is 3. The third-order valence-corrected chi connectivity index (χ3v) is 9.16. The van der Waals surface area contributed by atoms with E-state index in [-0.39, 0.29) is 5.92 Å². The van der Waals surface area contributed by atoms with E-state index in [2.05, 4.69) is 110 Å². The molecule has 0 fully saturated rings. The van der Waals surface area contributed by atoms with Crippen molar-refractivity contribution in [1.29, 1.82) is 0 Å². The Bertz CT molecular complexity index is 907. The van der Waals surface area contributed by atoms with Crippen LogP contribution >= 0.6 is 0 Å². The highest BCUT2D eigenvalue weighted by Gasteiger charge is 2.34. The molecule has 0 heterocycles. The van der Waals surface area contributed by atoms with Gasteiger partial charge in [0.1, 0.15) is 0 Å². The number of rotatable bonds is 7. The molecule has 1 atom stereocenters. The molecule has 28 heavy (non-hydrogen) atoms. The van der Waals surface area contributed by atoms with Crippen LogP contribution in [0, 0.1) is 11.5 Å². The van der Waals surface area contributed by atoms with Gasteiger partial charge in [0.2, 0.25) is 8.07 Å². The molecule has 1 unspecified atom stereocenters. The summed E-state index contributed by atoms with van der Waals surface area (Å²) in [5.74, 6) is 3.81. The molecule has 0 bridgehead atoms. The smallest absolute Gasteiger partial charge is 0.119 e. The highest BCUT2D eigenvalue weighted by Crippen LogP contribution is 2.20. The SMILES string of the molecule is C=CCC(C#C[Si](CC=C)(c1ccccc1)c1ccccc1)c1ccccc1. The lowest BCUT2D eigenvalue weighted by Crippen LogP contribution is -2.57. The van der Waals surface area contributed by atoms with Gasteiger partial charge in [-0.1, -0.05) is 103 Å². The van der Waals surface area contributed by atoms with Gasteiger partial charge in [0.25, 0.3) is 0 Å². The lowest BCUT2D eigenvalue weighted by Gasteiger charge is -2.26. The second-order valence-corrected chi connectivity index (χ2v) is 10.5. The summed E-state index contributed by atoms with van der Waals surface area (Å²) in [5.41, 5.74) is 5.07. The van der Waals surface area contributed by atoms with Crippen LogP contribution in [0.1, 0.15) is 17.9 Å². The molecule has 3 aromatic rings. The van der Waals surface area contributed by atoms with E-state index in [4.69, 9.17) is 0 Å². The van der Waals surface area contributed by atoms with Gasteiger partial charge in [0.15, 0.2) is 0 Å². The summed E-state index contributed by atoms with van der Waals surface area (Å²) < 4.78 is 0. The maximum atomic E-state index is 4.07. The molecule has 0 N–H and O–H groups in total. The topological polar surface area (TPSA) is 0 Å². The van der Waals surface area contributed by atoms with Crippen LogP contribution in [0.5, 0.6) is 0 Å². The van der Waals surface area contributed by atoms with Crippen molar-refractivity contribution in [1.82, 2.24) is 0 Å². The van der Waals surface area contributed by atoms with E-state index in [1.54, 1.807) is 0 Å². The minimum Gasteiger partial charge on any atom is -0.119 e. The second-order valence-electron chi connectivity index (χ2n) is 6.89. The summed E-state index contributed by atoms with van der Waals surface area (Å²) in [7, 11) is -2.29. The maximum Gasteiger partial charge on any atom is 0.202 e. The molecule has 138 valence electrons. The zero-order valence-corrected chi connectivity index (χ0v) is 17.2.